The summed E-state index contributed by atoms with van der Waals surface area (Å²) in [6.45, 7) is 1.62. The number of benzene rings is 2. The highest BCUT2D eigenvalue weighted by Gasteiger charge is 2.21. The molecular weight excluding hydrogens is 354 g/mol. The summed E-state index contributed by atoms with van der Waals surface area (Å²) in [5, 5.41) is 10.3. The first kappa shape index (κ1) is 17.8. The van der Waals surface area contributed by atoms with E-state index in [4.69, 9.17) is 4.74 Å². The van der Waals surface area contributed by atoms with Crippen LogP contribution in [-0.2, 0) is 4.79 Å². The average molecular weight is 373 g/mol. The van der Waals surface area contributed by atoms with Crippen LogP contribution in [0.4, 0.5) is 0 Å². The van der Waals surface area contributed by atoms with Gasteiger partial charge in [-0.1, -0.05) is 18.2 Å². The fraction of sp³-hybridized carbons (Fsp3) is 0.130. The molecule has 2 heterocycles. The number of hydrogen-bond acceptors (Lipinski definition) is 3. The Bertz CT molecular complexity index is 1220. The van der Waals surface area contributed by atoms with E-state index in [-0.39, 0.29) is 5.78 Å². The van der Waals surface area contributed by atoms with E-state index >= 15 is 0 Å². The first-order valence-corrected chi connectivity index (χ1v) is 8.95. The molecule has 4 aromatic rings. The van der Waals surface area contributed by atoms with Gasteiger partial charge in [-0.2, -0.15) is 0 Å². The number of carboxylic acids is 1. The monoisotopic (exact) mass is 373 g/mol. The number of aliphatic carboxylic acids is 1. The maximum absolute atomic E-state index is 13.4. The van der Waals surface area contributed by atoms with Gasteiger partial charge in [-0.15, -0.1) is 0 Å². The number of carbonyl (C=O) groups is 2. The molecule has 2 aromatic carbocycles. The molecular formula is C23H19NO4. The number of hydrogen-bond donors (Lipinski definition) is 1. The molecule has 0 aliphatic rings. The molecule has 0 bridgehead atoms. The third-order valence-electron chi connectivity index (χ3n) is 5.06. The topological polar surface area (TPSA) is 68.0 Å². The van der Waals surface area contributed by atoms with Gasteiger partial charge in [-0.05, 0) is 60.3 Å². The van der Waals surface area contributed by atoms with Crippen molar-refractivity contribution in [3.63, 3.8) is 0 Å². The van der Waals surface area contributed by atoms with Crippen LogP contribution in [0.1, 0.15) is 34.3 Å². The SMILES string of the molecule is COc1cccc(C(=O)c2cc(C(C)C(=O)O)cc3ccc4cccn4c23)c1. The molecule has 1 N–H and O–H groups in total. The van der Waals surface area contributed by atoms with Crippen molar-refractivity contribution in [3.8, 4) is 5.75 Å². The molecule has 5 heteroatoms. The second-order valence-corrected chi connectivity index (χ2v) is 6.76. The first-order chi connectivity index (χ1) is 13.5. The largest absolute Gasteiger partial charge is 0.497 e. The van der Waals surface area contributed by atoms with Crippen molar-refractivity contribution in [1.29, 1.82) is 0 Å². The molecule has 0 aliphatic heterocycles. The van der Waals surface area contributed by atoms with E-state index in [0.717, 1.165) is 16.4 Å². The normalized spacial score (nSPS) is 12.2. The molecule has 0 radical (unpaired) electrons. The van der Waals surface area contributed by atoms with E-state index < -0.39 is 11.9 Å². The van der Waals surface area contributed by atoms with E-state index in [9.17, 15) is 14.7 Å². The van der Waals surface area contributed by atoms with Crippen molar-refractivity contribution in [2.45, 2.75) is 12.8 Å². The molecule has 0 fully saturated rings. The highest BCUT2D eigenvalue weighted by molar-refractivity contribution is 6.16. The highest BCUT2D eigenvalue weighted by Crippen LogP contribution is 2.29. The smallest absolute Gasteiger partial charge is 0.310 e. The minimum absolute atomic E-state index is 0.176. The number of aromatic nitrogens is 1. The molecule has 1 atom stereocenters. The molecule has 0 saturated heterocycles. The molecule has 0 aliphatic carbocycles. The molecule has 1 unspecified atom stereocenters. The van der Waals surface area contributed by atoms with Crippen LogP contribution in [-0.4, -0.2) is 28.4 Å². The van der Waals surface area contributed by atoms with Gasteiger partial charge in [0.25, 0.3) is 0 Å². The van der Waals surface area contributed by atoms with E-state index in [1.807, 2.05) is 40.9 Å². The van der Waals surface area contributed by atoms with Gasteiger partial charge in [0.2, 0.25) is 0 Å². The summed E-state index contributed by atoms with van der Waals surface area (Å²) >= 11 is 0. The number of rotatable bonds is 5. The van der Waals surface area contributed by atoms with Gasteiger partial charge < -0.3 is 14.2 Å². The zero-order chi connectivity index (χ0) is 19.8. The van der Waals surface area contributed by atoms with E-state index in [1.54, 1.807) is 44.4 Å². The number of ether oxygens (including phenoxy) is 1. The van der Waals surface area contributed by atoms with Crippen LogP contribution >= 0.6 is 0 Å². The number of nitrogens with zero attached hydrogens (tertiary/aromatic N) is 1. The number of ketones is 1. The standard InChI is InChI=1S/C23H19NO4/c1-14(23(26)27)17-11-15-8-9-18-6-4-10-24(18)21(15)20(13-17)22(25)16-5-3-7-19(12-16)28-2/h3-14H,1-2H3,(H,26,27). The van der Waals surface area contributed by atoms with Crippen molar-refractivity contribution in [2.75, 3.05) is 7.11 Å². The lowest BCUT2D eigenvalue weighted by molar-refractivity contribution is -0.138. The van der Waals surface area contributed by atoms with Crippen LogP contribution in [0.25, 0.3) is 16.4 Å². The third kappa shape index (κ3) is 2.91. The lowest BCUT2D eigenvalue weighted by Gasteiger charge is -2.14. The maximum atomic E-state index is 13.4. The van der Waals surface area contributed by atoms with Crippen molar-refractivity contribution in [3.05, 3.63) is 83.6 Å². The lowest BCUT2D eigenvalue weighted by atomic mass is 9.92. The van der Waals surface area contributed by atoms with E-state index in [2.05, 4.69) is 0 Å². The Morgan fingerprint density at radius 2 is 1.86 bits per heavy atom. The first-order valence-electron chi connectivity index (χ1n) is 8.95. The van der Waals surface area contributed by atoms with Crippen LogP contribution in [0.15, 0.2) is 66.9 Å². The van der Waals surface area contributed by atoms with Crippen LogP contribution in [0.5, 0.6) is 5.75 Å². The summed E-state index contributed by atoms with van der Waals surface area (Å²) in [4.78, 5) is 25.0. The average Bonchev–Trinajstić information content (AvgIpc) is 3.20. The van der Waals surface area contributed by atoms with Gasteiger partial charge >= 0.3 is 5.97 Å². The van der Waals surface area contributed by atoms with Crippen LogP contribution in [0.3, 0.4) is 0 Å². The summed E-state index contributed by atoms with van der Waals surface area (Å²) in [6, 6.07) is 18.3. The molecule has 2 aromatic heterocycles. The highest BCUT2D eigenvalue weighted by atomic mass is 16.5. The predicted molar refractivity (Wildman–Crippen MR) is 107 cm³/mol. The summed E-state index contributed by atoms with van der Waals surface area (Å²) in [5.41, 5.74) is 3.28. The quantitative estimate of drug-likeness (QED) is 0.522. The van der Waals surface area contributed by atoms with Crippen molar-refractivity contribution >= 4 is 28.2 Å². The number of carboxylic acid groups (broad SMARTS) is 1. The number of methoxy groups -OCH3 is 1. The zero-order valence-corrected chi connectivity index (χ0v) is 15.5. The molecule has 28 heavy (non-hydrogen) atoms. The molecule has 0 saturated carbocycles. The van der Waals surface area contributed by atoms with E-state index in [1.165, 1.54) is 0 Å². The van der Waals surface area contributed by atoms with Crippen molar-refractivity contribution < 1.29 is 19.4 Å². The second-order valence-electron chi connectivity index (χ2n) is 6.76. The third-order valence-corrected chi connectivity index (χ3v) is 5.06. The Morgan fingerprint density at radius 3 is 2.61 bits per heavy atom. The fourth-order valence-electron chi connectivity index (χ4n) is 3.47. The molecule has 0 spiro atoms. The minimum atomic E-state index is -0.929. The predicted octanol–water partition coefficient (Wildman–Crippen LogP) is 4.52. The maximum Gasteiger partial charge on any atom is 0.310 e. The van der Waals surface area contributed by atoms with Gasteiger partial charge in [0.05, 0.1) is 18.5 Å². The number of pyridine rings is 1. The van der Waals surface area contributed by atoms with E-state index in [0.29, 0.717) is 22.4 Å². The Hall–Kier alpha value is -3.60. The Labute approximate surface area is 161 Å². The Kier molecular flexibility index (Phi) is 4.35. The number of carbonyl (C=O) groups excluding carboxylic acids is 1. The summed E-state index contributed by atoms with van der Waals surface area (Å²) < 4.78 is 7.20. The van der Waals surface area contributed by atoms with Crippen LogP contribution in [0.2, 0.25) is 0 Å². The van der Waals surface area contributed by atoms with Gasteiger partial charge in [-0.3, -0.25) is 9.59 Å². The summed E-state index contributed by atoms with van der Waals surface area (Å²) in [6.07, 6.45) is 1.90. The molecule has 4 rings (SSSR count). The van der Waals surface area contributed by atoms with Crippen molar-refractivity contribution in [1.82, 2.24) is 4.40 Å². The molecule has 0 amide bonds. The van der Waals surface area contributed by atoms with Gasteiger partial charge in [0.15, 0.2) is 5.78 Å². The van der Waals surface area contributed by atoms with Crippen LogP contribution in [0, 0.1) is 0 Å². The minimum Gasteiger partial charge on any atom is -0.497 e. The zero-order valence-electron chi connectivity index (χ0n) is 15.5. The Morgan fingerprint density at radius 1 is 1.04 bits per heavy atom. The van der Waals surface area contributed by atoms with Crippen LogP contribution < -0.4 is 4.74 Å². The molecule has 5 nitrogen and oxygen atoms in total. The lowest BCUT2D eigenvalue weighted by Crippen LogP contribution is -2.11. The van der Waals surface area contributed by atoms with Gasteiger partial charge in [-0.25, -0.2) is 0 Å². The molecule has 140 valence electrons. The van der Waals surface area contributed by atoms with Crippen molar-refractivity contribution in [2.24, 2.45) is 0 Å². The Balaban J connectivity index is 2.01. The van der Waals surface area contributed by atoms with Gasteiger partial charge in [0.1, 0.15) is 5.75 Å². The summed E-state index contributed by atoms with van der Waals surface area (Å²) in [7, 11) is 1.55. The fourth-order valence-corrected chi connectivity index (χ4v) is 3.47. The van der Waals surface area contributed by atoms with Gasteiger partial charge in [0, 0.05) is 22.8 Å². The summed E-state index contributed by atoms with van der Waals surface area (Å²) in [5.74, 6) is -1.23. The number of fused-ring (bicyclic) bond motifs is 3. The second kappa shape index (κ2) is 6.85.